The number of amides is 2. The van der Waals surface area contributed by atoms with E-state index < -0.39 is 0 Å². The Balaban J connectivity index is 1.50. The van der Waals surface area contributed by atoms with Gasteiger partial charge >= 0.3 is 0 Å². The molecule has 0 bridgehead atoms. The van der Waals surface area contributed by atoms with Crippen molar-refractivity contribution in [2.45, 2.75) is 26.3 Å². The molecule has 0 spiro atoms. The van der Waals surface area contributed by atoms with Crippen molar-refractivity contribution in [1.82, 2.24) is 20.1 Å². The lowest BCUT2D eigenvalue weighted by molar-refractivity contribution is -0.124. The van der Waals surface area contributed by atoms with Crippen LogP contribution in [0, 0.1) is 0 Å². The van der Waals surface area contributed by atoms with Gasteiger partial charge in [0.15, 0.2) is 5.13 Å². The predicted molar refractivity (Wildman–Crippen MR) is 119 cm³/mol. The van der Waals surface area contributed by atoms with Gasteiger partial charge in [0, 0.05) is 42.8 Å². The highest BCUT2D eigenvalue weighted by Gasteiger charge is 2.25. The van der Waals surface area contributed by atoms with Crippen molar-refractivity contribution in [1.29, 1.82) is 0 Å². The van der Waals surface area contributed by atoms with E-state index in [1.54, 1.807) is 17.4 Å². The van der Waals surface area contributed by atoms with Gasteiger partial charge in [-0.15, -0.1) is 11.3 Å². The number of anilines is 2. The van der Waals surface area contributed by atoms with Crippen LogP contribution in [0.4, 0.5) is 10.8 Å². The second kappa shape index (κ2) is 9.44. The summed E-state index contributed by atoms with van der Waals surface area (Å²) >= 11 is 1.40. The van der Waals surface area contributed by atoms with Crippen molar-refractivity contribution < 1.29 is 14.3 Å². The van der Waals surface area contributed by atoms with Gasteiger partial charge in [-0.05, 0) is 45.0 Å². The van der Waals surface area contributed by atoms with E-state index in [-0.39, 0.29) is 17.4 Å². The number of aromatic nitrogens is 1. The van der Waals surface area contributed by atoms with E-state index >= 15 is 0 Å². The van der Waals surface area contributed by atoms with Gasteiger partial charge in [0.2, 0.25) is 5.91 Å². The van der Waals surface area contributed by atoms with Crippen molar-refractivity contribution >= 4 is 34.0 Å². The third-order valence-corrected chi connectivity index (χ3v) is 5.36. The lowest BCUT2D eigenvalue weighted by Crippen LogP contribution is -2.52. The molecule has 1 aromatic carbocycles. The Kier molecular flexibility index (Phi) is 6.94. The fourth-order valence-electron chi connectivity index (χ4n) is 3.16. The number of hydrogen-bond acceptors (Lipinski definition) is 7. The van der Waals surface area contributed by atoms with Crippen molar-refractivity contribution in [3.05, 3.63) is 35.3 Å². The van der Waals surface area contributed by atoms with Gasteiger partial charge in [0.25, 0.3) is 5.91 Å². The lowest BCUT2D eigenvalue weighted by Gasteiger charge is -2.34. The topological polar surface area (TPSA) is 86.8 Å². The number of benzene rings is 1. The molecule has 0 saturated carbocycles. The first-order valence-corrected chi connectivity index (χ1v) is 10.8. The fourth-order valence-corrected chi connectivity index (χ4v) is 3.86. The van der Waals surface area contributed by atoms with Crippen LogP contribution in [0.2, 0.25) is 0 Å². The van der Waals surface area contributed by atoms with E-state index in [1.807, 2.05) is 45.0 Å². The predicted octanol–water partition coefficient (Wildman–Crippen LogP) is 2.57. The van der Waals surface area contributed by atoms with Gasteiger partial charge in [0.1, 0.15) is 11.4 Å². The molecule has 1 aliphatic rings. The first-order chi connectivity index (χ1) is 14.2. The van der Waals surface area contributed by atoms with Gasteiger partial charge in [-0.3, -0.25) is 14.5 Å². The largest absolute Gasteiger partial charge is 0.497 e. The van der Waals surface area contributed by atoms with Crippen molar-refractivity contribution in [3.63, 3.8) is 0 Å². The number of methoxy groups -OCH3 is 1. The number of carbonyl (C=O) groups is 2. The normalized spacial score (nSPS) is 15.0. The van der Waals surface area contributed by atoms with Crippen molar-refractivity contribution in [2.75, 3.05) is 45.2 Å². The zero-order valence-corrected chi connectivity index (χ0v) is 18.7. The summed E-state index contributed by atoms with van der Waals surface area (Å²) in [5, 5.41) is 8.62. The zero-order valence-electron chi connectivity index (χ0n) is 17.9. The first kappa shape index (κ1) is 22.0. The average molecular weight is 432 g/mol. The summed E-state index contributed by atoms with van der Waals surface area (Å²) in [6.45, 7) is 8.76. The number of hydrogen-bond donors (Lipinski definition) is 2. The third-order valence-electron chi connectivity index (χ3n) is 4.61. The maximum Gasteiger partial charge on any atom is 0.273 e. The highest BCUT2D eigenvalue weighted by atomic mass is 32.1. The number of ether oxygens (including phenoxy) is 1. The van der Waals surface area contributed by atoms with E-state index in [2.05, 4.69) is 20.5 Å². The molecular weight excluding hydrogens is 402 g/mol. The highest BCUT2D eigenvalue weighted by molar-refractivity contribution is 7.14. The minimum Gasteiger partial charge on any atom is -0.497 e. The Hall–Kier alpha value is -2.65. The van der Waals surface area contributed by atoms with Crippen LogP contribution in [0.1, 0.15) is 31.3 Å². The first-order valence-electron chi connectivity index (χ1n) is 9.93. The number of thiazole rings is 1. The van der Waals surface area contributed by atoms with Gasteiger partial charge in [-0.25, -0.2) is 4.98 Å². The van der Waals surface area contributed by atoms with Gasteiger partial charge < -0.3 is 20.3 Å². The molecule has 2 heterocycles. The number of nitrogens with one attached hydrogen (secondary N) is 2. The van der Waals surface area contributed by atoms with E-state index in [9.17, 15) is 9.59 Å². The molecule has 1 aromatic heterocycles. The highest BCUT2D eigenvalue weighted by Crippen LogP contribution is 2.23. The molecule has 0 radical (unpaired) electrons. The fraction of sp³-hybridized carbons (Fsp3) is 0.476. The number of piperazine rings is 1. The van der Waals surface area contributed by atoms with E-state index in [0.29, 0.717) is 43.5 Å². The smallest absolute Gasteiger partial charge is 0.273 e. The minimum absolute atomic E-state index is 0.0102. The summed E-state index contributed by atoms with van der Waals surface area (Å²) in [7, 11) is 1.63. The van der Waals surface area contributed by atoms with Crippen LogP contribution >= 0.6 is 11.3 Å². The summed E-state index contributed by atoms with van der Waals surface area (Å²) in [6, 6.07) is 7.53. The molecule has 3 rings (SSSR count). The van der Waals surface area contributed by atoms with Crippen LogP contribution in [-0.2, 0) is 4.79 Å². The second-order valence-electron chi connectivity index (χ2n) is 8.26. The van der Waals surface area contributed by atoms with Crippen molar-refractivity contribution in [2.24, 2.45) is 0 Å². The van der Waals surface area contributed by atoms with E-state index in [1.165, 1.54) is 11.3 Å². The molecular formula is C21H29N5O3S. The second-order valence-corrected chi connectivity index (χ2v) is 9.12. The summed E-state index contributed by atoms with van der Waals surface area (Å²) in [4.78, 5) is 33.2. The van der Waals surface area contributed by atoms with Crippen LogP contribution in [0.15, 0.2) is 29.6 Å². The van der Waals surface area contributed by atoms with Crippen LogP contribution in [-0.4, -0.2) is 72.0 Å². The summed E-state index contributed by atoms with van der Waals surface area (Å²) in [5.41, 5.74) is 1.08. The summed E-state index contributed by atoms with van der Waals surface area (Å²) < 4.78 is 5.16. The van der Waals surface area contributed by atoms with Gasteiger partial charge in [-0.2, -0.15) is 0 Å². The molecule has 8 nitrogen and oxygen atoms in total. The molecule has 1 saturated heterocycles. The standard InChI is InChI=1S/C21H29N5O3S/c1-21(2,3)24-18(27)13-25-9-11-26(12-10-25)19(28)17-14-30-20(23-17)22-15-5-7-16(29-4)8-6-15/h5-8,14H,9-13H2,1-4H3,(H,22,23)(H,24,27). The molecule has 30 heavy (non-hydrogen) atoms. The molecule has 1 fully saturated rings. The average Bonchev–Trinajstić information content (AvgIpc) is 3.15. The summed E-state index contributed by atoms with van der Waals surface area (Å²) in [6.07, 6.45) is 0. The lowest BCUT2D eigenvalue weighted by atomic mass is 10.1. The molecule has 1 aliphatic heterocycles. The van der Waals surface area contributed by atoms with Gasteiger partial charge in [0.05, 0.1) is 13.7 Å². The SMILES string of the molecule is COc1ccc(Nc2nc(C(=O)N3CCN(CC(=O)NC(C)(C)C)CC3)cs2)cc1. The summed E-state index contributed by atoms with van der Waals surface area (Å²) in [5.74, 6) is 0.717. The Morgan fingerprint density at radius 2 is 1.80 bits per heavy atom. The Labute approximate surface area is 181 Å². The van der Waals surface area contributed by atoms with Crippen LogP contribution in [0.5, 0.6) is 5.75 Å². The Morgan fingerprint density at radius 3 is 2.40 bits per heavy atom. The Bertz CT molecular complexity index is 868. The van der Waals surface area contributed by atoms with Crippen molar-refractivity contribution in [3.8, 4) is 5.75 Å². The number of rotatable bonds is 6. The van der Waals surface area contributed by atoms with Crippen LogP contribution in [0.25, 0.3) is 0 Å². The zero-order chi connectivity index (χ0) is 21.7. The molecule has 2 aromatic rings. The molecule has 162 valence electrons. The van der Waals surface area contributed by atoms with Crippen LogP contribution < -0.4 is 15.4 Å². The molecule has 9 heteroatoms. The third kappa shape index (κ3) is 6.17. The maximum absolute atomic E-state index is 12.8. The molecule has 0 atom stereocenters. The maximum atomic E-state index is 12.8. The number of nitrogens with zero attached hydrogens (tertiary/aromatic N) is 3. The quantitative estimate of drug-likeness (QED) is 0.731. The van der Waals surface area contributed by atoms with E-state index in [0.717, 1.165) is 11.4 Å². The van der Waals surface area contributed by atoms with E-state index in [4.69, 9.17) is 4.74 Å². The molecule has 0 unspecified atom stereocenters. The number of carbonyl (C=O) groups excluding carboxylic acids is 2. The minimum atomic E-state index is -0.239. The molecule has 0 aliphatic carbocycles. The molecule has 2 N–H and O–H groups in total. The monoisotopic (exact) mass is 431 g/mol. The van der Waals surface area contributed by atoms with Crippen LogP contribution in [0.3, 0.4) is 0 Å². The Morgan fingerprint density at radius 1 is 1.13 bits per heavy atom. The molecule has 2 amide bonds. The van der Waals surface area contributed by atoms with Gasteiger partial charge in [-0.1, -0.05) is 0 Å².